The van der Waals surface area contributed by atoms with Crippen LogP contribution in [-0.4, -0.2) is 23.0 Å². The number of nitrogens with zero attached hydrogens (tertiary/aromatic N) is 3. The SMILES string of the molecule is COC(=O)c1ncccc1CSc1cc(N)nc(N)c1N=N. The molecule has 0 bridgehead atoms. The molecule has 0 unspecified atom stereocenters. The number of hydrogen-bond acceptors (Lipinski definition) is 9. The van der Waals surface area contributed by atoms with Crippen LogP contribution in [0.25, 0.3) is 0 Å². The molecule has 114 valence electrons. The highest BCUT2D eigenvalue weighted by molar-refractivity contribution is 7.98. The summed E-state index contributed by atoms with van der Waals surface area (Å²) in [7, 11) is 1.30. The minimum absolute atomic E-state index is 0.0943. The summed E-state index contributed by atoms with van der Waals surface area (Å²) in [6.07, 6.45) is 1.52. The number of ether oxygens (including phenoxy) is 1. The van der Waals surface area contributed by atoms with E-state index < -0.39 is 5.97 Å². The lowest BCUT2D eigenvalue weighted by Crippen LogP contribution is -2.07. The first kappa shape index (κ1) is 15.7. The van der Waals surface area contributed by atoms with Gasteiger partial charge in [-0.05, 0) is 17.7 Å². The minimum atomic E-state index is -0.504. The lowest BCUT2D eigenvalue weighted by Gasteiger charge is -2.09. The summed E-state index contributed by atoms with van der Waals surface area (Å²) in [6, 6.07) is 5.09. The number of methoxy groups -OCH3 is 1. The molecule has 22 heavy (non-hydrogen) atoms. The van der Waals surface area contributed by atoms with Crippen LogP contribution in [0.1, 0.15) is 16.1 Å². The minimum Gasteiger partial charge on any atom is -0.464 e. The Hall–Kier alpha value is -2.68. The van der Waals surface area contributed by atoms with Gasteiger partial charge in [-0.2, -0.15) is 5.11 Å². The highest BCUT2D eigenvalue weighted by Gasteiger charge is 2.15. The third-order valence-corrected chi connectivity index (χ3v) is 3.85. The first-order chi connectivity index (χ1) is 10.6. The third kappa shape index (κ3) is 3.31. The number of hydrogen-bond donors (Lipinski definition) is 3. The molecule has 0 fully saturated rings. The molecule has 5 N–H and O–H groups in total. The summed E-state index contributed by atoms with van der Waals surface area (Å²) >= 11 is 1.33. The van der Waals surface area contributed by atoms with E-state index in [-0.39, 0.29) is 23.0 Å². The molecule has 0 spiro atoms. The zero-order valence-electron chi connectivity index (χ0n) is 11.7. The number of carbonyl (C=O) groups is 1. The Kier molecular flexibility index (Phi) is 4.89. The Balaban J connectivity index is 2.28. The van der Waals surface area contributed by atoms with Gasteiger partial charge in [-0.25, -0.2) is 20.3 Å². The molecule has 8 nitrogen and oxygen atoms in total. The quantitative estimate of drug-likeness (QED) is 0.436. The average molecular weight is 318 g/mol. The number of carbonyl (C=O) groups excluding carboxylic acids is 1. The van der Waals surface area contributed by atoms with Crippen LogP contribution in [0.5, 0.6) is 0 Å². The van der Waals surface area contributed by atoms with Crippen LogP contribution in [-0.2, 0) is 10.5 Å². The van der Waals surface area contributed by atoms with Crippen LogP contribution in [0.4, 0.5) is 17.3 Å². The highest BCUT2D eigenvalue weighted by atomic mass is 32.2. The predicted molar refractivity (Wildman–Crippen MR) is 83.0 cm³/mol. The second-order valence-corrected chi connectivity index (χ2v) is 5.20. The van der Waals surface area contributed by atoms with Gasteiger partial charge in [0, 0.05) is 16.8 Å². The van der Waals surface area contributed by atoms with E-state index in [9.17, 15) is 4.79 Å². The zero-order valence-corrected chi connectivity index (χ0v) is 12.6. The summed E-state index contributed by atoms with van der Waals surface area (Å²) < 4.78 is 4.70. The molecule has 2 rings (SSSR count). The zero-order chi connectivity index (χ0) is 16.1. The van der Waals surface area contributed by atoms with Crippen LogP contribution >= 0.6 is 11.8 Å². The number of rotatable bonds is 5. The van der Waals surface area contributed by atoms with E-state index in [4.69, 9.17) is 21.7 Å². The number of pyridine rings is 2. The van der Waals surface area contributed by atoms with Crippen molar-refractivity contribution in [2.24, 2.45) is 5.11 Å². The number of thioether (sulfide) groups is 1. The number of aromatic nitrogens is 2. The molecular formula is C13H14N6O2S. The third-order valence-electron chi connectivity index (χ3n) is 2.77. The van der Waals surface area contributed by atoms with Gasteiger partial charge in [0.2, 0.25) is 0 Å². The van der Waals surface area contributed by atoms with Gasteiger partial charge in [0.25, 0.3) is 0 Å². The second kappa shape index (κ2) is 6.85. The normalized spacial score (nSPS) is 10.2. The Morgan fingerprint density at radius 2 is 2.27 bits per heavy atom. The van der Waals surface area contributed by atoms with Crippen LogP contribution in [0.2, 0.25) is 0 Å². The van der Waals surface area contributed by atoms with Crippen molar-refractivity contribution in [3.8, 4) is 0 Å². The van der Waals surface area contributed by atoms with E-state index in [2.05, 4.69) is 15.1 Å². The van der Waals surface area contributed by atoms with Crippen LogP contribution in [0, 0.1) is 5.53 Å². The van der Waals surface area contributed by atoms with Crippen molar-refractivity contribution in [3.63, 3.8) is 0 Å². The van der Waals surface area contributed by atoms with E-state index >= 15 is 0 Å². The highest BCUT2D eigenvalue weighted by Crippen LogP contribution is 2.36. The molecular weight excluding hydrogens is 304 g/mol. The maximum atomic E-state index is 11.7. The summed E-state index contributed by atoms with van der Waals surface area (Å²) in [5.74, 6) is 0.253. The van der Waals surface area contributed by atoms with Gasteiger partial charge in [0.05, 0.1) is 7.11 Å². The van der Waals surface area contributed by atoms with Crippen molar-refractivity contribution < 1.29 is 9.53 Å². The summed E-state index contributed by atoms with van der Waals surface area (Å²) in [4.78, 5) is 20.2. The van der Waals surface area contributed by atoms with E-state index in [1.807, 2.05) is 0 Å². The molecule has 0 aliphatic rings. The molecule has 0 radical (unpaired) electrons. The van der Waals surface area contributed by atoms with Gasteiger partial charge < -0.3 is 16.2 Å². The van der Waals surface area contributed by atoms with Crippen molar-refractivity contribution >= 4 is 35.1 Å². The molecule has 0 saturated heterocycles. The van der Waals surface area contributed by atoms with Crippen molar-refractivity contribution in [2.45, 2.75) is 10.6 Å². The lowest BCUT2D eigenvalue weighted by atomic mass is 10.2. The van der Waals surface area contributed by atoms with Gasteiger partial charge >= 0.3 is 5.97 Å². The molecule has 0 aliphatic carbocycles. The van der Waals surface area contributed by atoms with E-state index in [0.29, 0.717) is 16.2 Å². The fraction of sp³-hybridized carbons (Fsp3) is 0.154. The Morgan fingerprint density at radius 3 is 2.95 bits per heavy atom. The smallest absolute Gasteiger partial charge is 0.356 e. The van der Waals surface area contributed by atoms with Crippen LogP contribution in [0.15, 0.2) is 34.4 Å². The van der Waals surface area contributed by atoms with E-state index in [1.54, 1.807) is 18.2 Å². The van der Waals surface area contributed by atoms with Crippen LogP contribution < -0.4 is 11.5 Å². The molecule has 0 aromatic carbocycles. The maximum absolute atomic E-state index is 11.7. The first-order valence-electron chi connectivity index (χ1n) is 6.15. The Morgan fingerprint density at radius 1 is 1.50 bits per heavy atom. The summed E-state index contributed by atoms with van der Waals surface area (Å²) in [5.41, 5.74) is 19.7. The molecule has 2 aromatic heterocycles. The Bertz CT molecular complexity index is 722. The molecule has 0 atom stereocenters. The molecule has 2 heterocycles. The topological polar surface area (TPSA) is 140 Å². The fourth-order valence-electron chi connectivity index (χ4n) is 1.77. The first-order valence-corrected chi connectivity index (χ1v) is 7.13. The maximum Gasteiger partial charge on any atom is 0.356 e. The monoisotopic (exact) mass is 318 g/mol. The predicted octanol–water partition coefficient (Wildman–Crippen LogP) is 2.38. The summed E-state index contributed by atoms with van der Waals surface area (Å²) in [5, 5.41) is 3.38. The van der Waals surface area contributed by atoms with Crippen LogP contribution in [0.3, 0.4) is 0 Å². The molecule has 0 saturated carbocycles. The molecule has 0 amide bonds. The number of nitrogens with one attached hydrogen (secondary N) is 1. The second-order valence-electron chi connectivity index (χ2n) is 4.18. The number of anilines is 2. The number of nitrogens with two attached hydrogens (primary N) is 2. The van der Waals surface area contributed by atoms with Crippen molar-refractivity contribution in [2.75, 3.05) is 18.6 Å². The van der Waals surface area contributed by atoms with Gasteiger partial charge in [-0.3, -0.25) is 0 Å². The molecule has 9 heteroatoms. The van der Waals surface area contributed by atoms with Gasteiger partial charge in [0.1, 0.15) is 11.5 Å². The number of esters is 1. The summed E-state index contributed by atoms with van der Waals surface area (Å²) in [6.45, 7) is 0. The van der Waals surface area contributed by atoms with E-state index in [1.165, 1.54) is 25.1 Å². The van der Waals surface area contributed by atoms with Crippen molar-refractivity contribution in [1.82, 2.24) is 9.97 Å². The van der Waals surface area contributed by atoms with Gasteiger partial charge in [0.15, 0.2) is 11.5 Å². The number of nitrogen functional groups attached to an aromatic ring is 2. The fourth-order valence-corrected chi connectivity index (χ4v) is 2.80. The molecule has 2 aromatic rings. The van der Waals surface area contributed by atoms with Crippen molar-refractivity contribution in [3.05, 3.63) is 35.7 Å². The van der Waals surface area contributed by atoms with Gasteiger partial charge in [-0.15, -0.1) is 11.8 Å². The van der Waals surface area contributed by atoms with Crippen molar-refractivity contribution in [1.29, 1.82) is 5.53 Å². The average Bonchev–Trinajstić information content (AvgIpc) is 2.52. The largest absolute Gasteiger partial charge is 0.464 e. The lowest BCUT2D eigenvalue weighted by molar-refractivity contribution is 0.0593. The Labute approximate surface area is 130 Å². The molecule has 0 aliphatic heterocycles. The standard InChI is InChI=1S/C13H14N6O2S/c1-21-13(20)10-7(3-2-4-17-10)6-22-8-5-9(14)18-12(15)11(8)19-16/h2-5,16H,6H2,1H3,(H4,14,15,18). The van der Waals surface area contributed by atoms with Gasteiger partial charge in [-0.1, -0.05) is 6.07 Å². The van der Waals surface area contributed by atoms with E-state index in [0.717, 1.165) is 0 Å².